The molecule has 150 valence electrons. The smallest absolute Gasteiger partial charge is 0.254 e. The van der Waals surface area contributed by atoms with Crippen LogP contribution in [0, 0.1) is 12.3 Å². The average molecular weight is 392 g/mol. The molecule has 0 aliphatic carbocycles. The summed E-state index contributed by atoms with van der Waals surface area (Å²) in [7, 11) is 0. The molecule has 3 heterocycles. The van der Waals surface area contributed by atoms with Crippen LogP contribution in [0.1, 0.15) is 48.9 Å². The van der Waals surface area contributed by atoms with E-state index < -0.39 is 11.7 Å². The fourth-order valence-corrected chi connectivity index (χ4v) is 3.85. The van der Waals surface area contributed by atoms with E-state index in [1.165, 1.54) is 0 Å². The molecule has 0 spiro atoms. The second kappa shape index (κ2) is 8.03. The van der Waals surface area contributed by atoms with Gasteiger partial charge >= 0.3 is 0 Å². The summed E-state index contributed by atoms with van der Waals surface area (Å²) >= 11 is 0. The van der Waals surface area contributed by atoms with Gasteiger partial charge in [0.15, 0.2) is 5.66 Å². The van der Waals surface area contributed by atoms with E-state index >= 15 is 0 Å². The number of nitrogens with one attached hydrogen (secondary N) is 2. The first-order valence-electron chi connectivity index (χ1n) is 10.0. The number of terminal acetylenes is 1. The van der Waals surface area contributed by atoms with Crippen molar-refractivity contribution in [3.63, 3.8) is 0 Å². The molecule has 1 unspecified atom stereocenters. The summed E-state index contributed by atoms with van der Waals surface area (Å²) in [6.07, 6.45) is 11.5. The molecule has 2 amide bonds. The number of fused-ring (bicyclic) bond motifs is 1. The fraction of sp³-hybridized carbons (Fsp3) is 0.476. The Morgan fingerprint density at radius 2 is 2.17 bits per heavy atom. The molecule has 4 rings (SSSR count). The van der Waals surface area contributed by atoms with E-state index in [4.69, 9.17) is 6.42 Å². The number of aromatic amines is 1. The standard InChI is InChI=1S/C21H24N6O2/c1-2-3-9-21(25-26-21)10-11-22-19(28)18-6-4-5-12-27(18)20(29)15-7-8-16-14-23-24-17(16)13-15/h1,7-8,13-14,18H,3-6,9-12H2,(H,22,28)(H,23,24). The van der Waals surface area contributed by atoms with Crippen molar-refractivity contribution in [3.8, 4) is 12.3 Å². The summed E-state index contributed by atoms with van der Waals surface area (Å²) in [6.45, 7) is 1.05. The van der Waals surface area contributed by atoms with Gasteiger partial charge < -0.3 is 10.2 Å². The topological polar surface area (TPSA) is 103 Å². The van der Waals surface area contributed by atoms with E-state index in [1.807, 2.05) is 6.07 Å². The molecule has 0 saturated carbocycles. The molecule has 29 heavy (non-hydrogen) atoms. The number of benzene rings is 1. The van der Waals surface area contributed by atoms with Gasteiger partial charge in [0.05, 0.1) is 11.7 Å². The minimum atomic E-state index is -0.455. The second-order valence-corrected chi connectivity index (χ2v) is 7.61. The monoisotopic (exact) mass is 392 g/mol. The van der Waals surface area contributed by atoms with E-state index in [0.717, 1.165) is 23.7 Å². The maximum absolute atomic E-state index is 13.1. The van der Waals surface area contributed by atoms with Crippen LogP contribution in [0.3, 0.4) is 0 Å². The van der Waals surface area contributed by atoms with Crippen LogP contribution in [0.25, 0.3) is 10.9 Å². The fourth-order valence-electron chi connectivity index (χ4n) is 3.85. The van der Waals surface area contributed by atoms with Crippen LogP contribution in [0.2, 0.25) is 0 Å². The van der Waals surface area contributed by atoms with Crippen LogP contribution in [0.4, 0.5) is 0 Å². The van der Waals surface area contributed by atoms with Crippen molar-refractivity contribution in [2.24, 2.45) is 10.2 Å². The van der Waals surface area contributed by atoms with Crippen LogP contribution in [-0.4, -0.2) is 51.7 Å². The van der Waals surface area contributed by atoms with Gasteiger partial charge in [-0.2, -0.15) is 15.3 Å². The van der Waals surface area contributed by atoms with Crippen molar-refractivity contribution in [1.82, 2.24) is 20.4 Å². The molecule has 0 bridgehead atoms. The number of amides is 2. The SMILES string of the molecule is C#CCCC1(CCNC(=O)C2CCCCN2C(=O)c2ccc3cn[nH]c3c2)N=N1. The molecule has 1 aromatic heterocycles. The number of hydrogen-bond acceptors (Lipinski definition) is 5. The van der Waals surface area contributed by atoms with Crippen molar-refractivity contribution < 1.29 is 9.59 Å². The Kier molecular flexibility index (Phi) is 5.30. The van der Waals surface area contributed by atoms with Crippen LogP contribution >= 0.6 is 0 Å². The molecule has 8 nitrogen and oxygen atoms in total. The predicted molar refractivity (Wildman–Crippen MR) is 108 cm³/mol. The molecule has 2 aliphatic rings. The van der Waals surface area contributed by atoms with Gasteiger partial charge in [0.2, 0.25) is 5.91 Å². The van der Waals surface area contributed by atoms with E-state index in [2.05, 4.69) is 31.7 Å². The number of rotatable bonds is 7. The lowest BCUT2D eigenvalue weighted by Crippen LogP contribution is -2.52. The highest BCUT2D eigenvalue weighted by Crippen LogP contribution is 2.36. The molecule has 1 fully saturated rings. The molecular weight excluding hydrogens is 368 g/mol. The lowest BCUT2D eigenvalue weighted by Gasteiger charge is -2.34. The number of aromatic nitrogens is 2. The van der Waals surface area contributed by atoms with Crippen molar-refractivity contribution in [2.75, 3.05) is 13.1 Å². The summed E-state index contributed by atoms with van der Waals surface area (Å²) in [5, 5.41) is 19.0. The third-order valence-corrected chi connectivity index (χ3v) is 5.63. The number of carbonyl (C=O) groups excluding carboxylic acids is 2. The van der Waals surface area contributed by atoms with E-state index in [1.54, 1.807) is 23.2 Å². The third-order valence-electron chi connectivity index (χ3n) is 5.63. The summed E-state index contributed by atoms with van der Waals surface area (Å²) in [5.41, 5.74) is 0.953. The molecule has 1 atom stereocenters. The minimum Gasteiger partial charge on any atom is -0.354 e. The lowest BCUT2D eigenvalue weighted by molar-refractivity contribution is -0.126. The van der Waals surface area contributed by atoms with Crippen LogP contribution < -0.4 is 5.32 Å². The maximum atomic E-state index is 13.1. The Morgan fingerprint density at radius 1 is 1.31 bits per heavy atom. The normalized spacial score (nSPS) is 19.7. The van der Waals surface area contributed by atoms with Crippen LogP contribution in [-0.2, 0) is 4.79 Å². The van der Waals surface area contributed by atoms with Crippen LogP contribution in [0.5, 0.6) is 0 Å². The third kappa shape index (κ3) is 4.14. The van der Waals surface area contributed by atoms with Crippen molar-refractivity contribution in [1.29, 1.82) is 0 Å². The summed E-state index contributed by atoms with van der Waals surface area (Å²) in [6, 6.07) is 4.99. The summed E-state index contributed by atoms with van der Waals surface area (Å²) in [5.74, 6) is 2.36. The Hall–Kier alpha value is -3.21. The number of H-pyrrole nitrogens is 1. The number of hydrogen-bond donors (Lipinski definition) is 2. The average Bonchev–Trinajstić information content (AvgIpc) is 3.36. The zero-order chi connectivity index (χ0) is 20.3. The van der Waals surface area contributed by atoms with Gasteiger partial charge in [0.25, 0.3) is 5.91 Å². The van der Waals surface area contributed by atoms with Gasteiger partial charge in [0.1, 0.15) is 6.04 Å². The number of nitrogens with zero attached hydrogens (tertiary/aromatic N) is 4. The first kappa shape index (κ1) is 19.1. The highest BCUT2D eigenvalue weighted by Gasteiger charge is 2.39. The van der Waals surface area contributed by atoms with Gasteiger partial charge in [-0.3, -0.25) is 14.7 Å². The second-order valence-electron chi connectivity index (χ2n) is 7.61. The Bertz CT molecular complexity index is 982. The maximum Gasteiger partial charge on any atom is 0.254 e. The molecule has 8 heteroatoms. The molecule has 0 radical (unpaired) electrons. The van der Waals surface area contributed by atoms with Crippen molar-refractivity contribution in [3.05, 3.63) is 30.0 Å². The molecule has 1 saturated heterocycles. The number of likely N-dealkylation sites (tertiary alicyclic amines) is 1. The minimum absolute atomic E-state index is 0.117. The Morgan fingerprint density at radius 3 is 2.97 bits per heavy atom. The molecule has 1 aromatic carbocycles. The summed E-state index contributed by atoms with van der Waals surface area (Å²) < 4.78 is 0. The highest BCUT2D eigenvalue weighted by atomic mass is 16.2. The van der Waals surface area contributed by atoms with Crippen molar-refractivity contribution >= 4 is 22.7 Å². The number of piperidine rings is 1. The lowest BCUT2D eigenvalue weighted by atomic mass is 9.99. The number of carbonyl (C=O) groups is 2. The summed E-state index contributed by atoms with van der Waals surface area (Å²) in [4.78, 5) is 27.6. The van der Waals surface area contributed by atoms with Gasteiger partial charge in [-0.25, -0.2) is 0 Å². The largest absolute Gasteiger partial charge is 0.354 e. The van der Waals surface area contributed by atoms with E-state index in [-0.39, 0.29) is 11.8 Å². The van der Waals surface area contributed by atoms with E-state index in [9.17, 15) is 9.59 Å². The zero-order valence-electron chi connectivity index (χ0n) is 16.2. The van der Waals surface area contributed by atoms with Gasteiger partial charge in [-0.15, -0.1) is 12.3 Å². The molecule has 2 N–H and O–H groups in total. The van der Waals surface area contributed by atoms with E-state index in [0.29, 0.717) is 44.3 Å². The van der Waals surface area contributed by atoms with Crippen LogP contribution in [0.15, 0.2) is 34.6 Å². The first-order valence-corrected chi connectivity index (χ1v) is 10.0. The highest BCUT2D eigenvalue weighted by molar-refractivity contribution is 6.00. The molecular formula is C21H24N6O2. The van der Waals surface area contributed by atoms with Gasteiger partial charge in [-0.05, 0) is 31.4 Å². The zero-order valence-corrected chi connectivity index (χ0v) is 16.2. The predicted octanol–water partition coefficient (Wildman–Crippen LogP) is 2.64. The van der Waals surface area contributed by atoms with Crippen molar-refractivity contribution in [2.45, 2.75) is 50.2 Å². The van der Waals surface area contributed by atoms with Gasteiger partial charge in [0, 0.05) is 43.3 Å². The Balaban J connectivity index is 1.38. The molecule has 2 aliphatic heterocycles. The van der Waals surface area contributed by atoms with Gasteiger partial charge in [-0.1, -0.05) is 6.07 Å². The first-order chi connectivity index (χ1) is 14.1. The quantitative estimate of drug-likeness (QED) is 0.708. The molecule has 2 aromatic rings. The Labute approximate surface area is 169 Å².